The predicted molar refractivity (Wildman–Crippen MR) is 68.8 cm³/mol. The van der Waals surface area contributed by atoms with E-state index in [2.05, 4.69) is 17.6 Å². The SMILES string of the molecule is CCC1CCC(CNC(=O)NC(C)CO)CC1. The summed E-state index contributed by atoms with van der Waals surface area (Å²) in [5.41, 5.74) is 0. The van der Waals surface area contributed by atoms with Gasteiger partial charge in [0.15, 0.2) is 0 Å². The van der Waals surface area contributed by atoms with Crippen molar-refractivity contribution in [2.75, 3.05) is 13.2 Å². The van der Waals surface area contributed by atoms with Gasteiger partial charge in [0.1, 0.15) is 0 Å². The zero-order valence-corrected chi connectivity index (χ0v) is 11.0. The Morgan fingerprint density at radius 1 is 1.29 bits per heavy atom. The summed E-state index contributed by atoms with van der Waals surface area (Å²) < 4.78 is 0. The number of rotatable bonds is 5. The van der Waals surface area contributed by atoms with Crippen LogP contribution in [0.15, 0.2) is 0 Å². The van der Waals surface area contributed by atoms with Crippen LogP contribution >= 0.6 is 0 Å². The normalized spacial score (nSPS) is 26.3. The summed E-state index contributed by atoms with van der Waals surface area (Å²) in [6, 6.07) is -0.338. The van der Waals surface area contributed by atoms with E-state index in [1.807, 2.05) is 0 Å². The van der Waals surface area contributed by atoms with E-state index in [9.17, 15) is 4.79 Å². The minimum Gasteiger partial charge on any atom is -0.394 e. The van der Waals surface area contributed by atoms with Gasteiger partial charge in [-0.05, 0) is 31.6 Å². The van der Waals surface area contributed by atoms with Crippen LogP contribution in [0.2, 0.25) is 0 Å². The first-order chi connectivity index (χ1) is 8.15. The molecule has 2 amide bonds. The molecule has 1 aliphatic carbocycles. The molecule has 0 radical (unpaired) electrons. The Hall–Kier alpha value is -0.770. The van der Waals surface area contributed by atoms with E-state index in [0.29, 0.717) is 5.92 Å². The molecule has 4 nitrogen and oxygen atoms in total. The number of hydrogen-bond donors (Lipinski definition) is 3. The number of carbonyl (C=O) groups is 1. The van der Waals surface area contributed by atoms with Crippen molar-refractivity contribution in [1.82, 2.24) is 10.6 Å². The molecule has 1 rings (SSSR count). The molecule has 0 aromatic rings. The molecule has 1 aliphatic rings. The lowest BCUT2D eigenvalue weighted by Crippen LogP contribution is -2.44. The highest BCUT2D eigenvalue weighted by atomic mass is 16.3. The number of hydrogen-bond acceptors (Lipinski definition) is 2. The molecule has 0 aromatic carbocycles. The second-order valence-electron chi connectivity index (χ2n) is 5.23. The van der Waals surface area contributed by atoms with Crippen molar-refractivity contribution in [3.05, 3.63) is 0 Å². The van der Waals surface area contributed by atoms with Gasteiger partial charge in [-0.25, -0.2) is 4.79 Å². The van der Waals surface area contributed by atoms with Gasteiger partial charge in [0.05, 0.1) is 12.6 Å². The lowest BCUT2D eigenvalue weighted by Gasteiger charge is -2.28. The molecule has 3 N–H and O–H groups in total. The summed E-state index contributed by atoms with van der Waals surface area (Å²) in [7, 11) is 0. The molecule has 17 heavy (non-hydrogen) atoms. The Morgan fingerprint density at radius 3 is 2.41 bits per heavy atom. The van der Waals surface area contributed by atoms with Crippen LogP contribution < -0.4 is 10.6 Å². The van der Waals surface area contributed by atoms with E-state index >= 15 is 0 Å². The molecule has 1 atom stereocenters. The predicted octanol–water partition coefficient (Wildman–Crippen LogP) is 1.88. The molecule has 100 valence electrons. The van der Waals surface area contributed by atoms with E-state index in [4.69, 9.17) is 5.11 Å². The number of nitrogens with one attached hydrogen (secondary N) is 2. The lowest BCUT2D eigenvalue weighted by molar-refractivity contribution is 0.214. The molecule has 0 heterocycles. The van der Waals surface area contributed by atoms with Crippen molar-refractivity contribution in [2.24, 2.45) is 11.8 Å². The molecule has 0 spiro atoms. The molecule has 0 saturated heterocycles. The molecule has 1 saturated carbocycles. The van der Waals surface area contributed by atoms with Crippen LogP contribution in [-0.2, 0) is 0 Å². The number of carbonyl (C=O) groups excluding carboxylic acids is 1. The average molecular weight is 242 g/mol. The molecule has 0 bridgehead atoms. The van der Waals surface area contributed by atoms with E-state index in [-0.39, 0.29) is 18.7 Å². The van der Waals surface area contributed by atoms with Gasteiger partial charge < -0.3 is 15.7 Å². The second kappa shape index (κ2) is 7.54. The van der Waals surface area contributed by atoms with Crippen LogP contribution in [0.5, 0.6) is 0 Å². The third-order valence-electron chi connectivity index (χ3n) is 3.75. The van der Waals surface area contributed by atoms with Crippen molar-refractivity contribution in [1.29, 1.82) is 0 Å². The number of aliphatic hydroxyl groups is 1. The minimum absolute atomic E-state index is 0.0188. The highest BCUT2D eigenvalue weighted by molar-refractivity contribution is 5.74. The summed E-state index contributed by atoms with van der Waals surface area (Å²) in [5.74, 6) is 1.53. The van der Waals surface area contributed by atoms with Crippen molar-refractivity contribution >= 4 is 6.03 Å². The third-order valence-corrected chi connectivity index (χ3v) is 3.75. The van der Waals surface area contributed by atoms with Crippen LogP contribution in [0.1, 0.15) is 46.0 Å². The molecular weight excluding hydrogens is 216 g/mol. The first-order valence-electron chi connectivity index (χ1n) is 6.80. The summed E-state index contributed by atoms with van der Waals surface area (Å²) in [6.07, 6.45) is 6.35. The van der Waals surface area contributed by atoms with Crippen molar-refractivity contribution in [3.63, 3.8) is 0 Å². The number of urea groups is 1. The van der Waals surface area contributed by atoms with Gasteiger partial charge in [0, 0.05) is 6.54 Å². The zero-order valence-electron chi connectivity index (χ0n) is 11.0. The van der Waals surface area contributed by atoms with Crippen molar-refractivity contribution < 1.29 is 9.90 Å². The summed E-state index contributed by atoms with van der Waals surface area (Å²) in [5, 5.41) is 14.4. The van der Waals surface area contributed by atoms with E-state index < -0.39 is 0 Å². The molecule has 0 aromatic heterocycles. The first-order valence-corrected chi connectivity index (χ1v) is 6.80. The molecule has 1 fully saturated rings. The monoisotopic (exact) mass is 242 g/mol. The quantitative estimate of drug-likeness (QED) is 0.689. The van der Waals surface area contributed by atoms with Gasteiger partial charge in [0.25, 0.3) is 0 Å². The van der Waals surface area contributed by atoms with Gasteiger partial charge in [0.2, 0.25) is 0 Å². The highest BCUT2D eigenvalue weighted by Gasteiger charge is 2.20. The van der Waals surface area contributed by atoms with Gasteiger partial charge in [-0.1, -0.05) is 26.2 Å². The smallest absolute Gasteiger partial charge is 0.315 e. The van der Waals surface area contributed by atoms with E-state index in [1.54, 1.807) is 6.92 Å². The standard InChI is InChI=1S/C13H26N2O2/c1-3-11-4-6-12(7-5-11)8-14-13(17)15-10(2)9-16/h10-12,16H,3-9H2,1-2H3,(H2,14,15,17). The number of aliphatic hydroxyl groups excluding tert-OH is 1. The Kier molecular flexibility index (Phi) is 6.34. The van der Waals surface area contributed by atoms with Gasteiger partial charge >= 0.3 is 6.03 Å². The van der Waals surface area contributed by atoms with Gasteiger partial charge in [-0.15, -0.1) is 0 Å². The topological polar surface area (TPSA) is 61.4 Å². The summed E-state index contributed by atoms with van der Waals surface area (Å²) in [4.78, 5) is 11.4. The fourth-order valence-electron chi connectivity index (χ4n) is 2.40. The van der Waals surface area contributed by atoms with Crippen LogP contribution in [-0.4, -0.2) is 30.3 Å². The zero-order chi connectivity index (χ0) is 12.7. The van der Waals surface area contributed by atoms with E-state index in [1.165, 1.54) is 32.1 Å². The maximum absolute atomic E-state index is 11.4. The van der Waals surface area contributed by atoms with E-state index in [0.717, 1.165) is 12.5 Å². The minimum atomic E-state index is -0.175. The van der Waals surface area contributed by atoms with Crippen LogP contribution in [0.25, 0.3) is 0 Å². The van der Waals surface area contributed by atoms with Crippen molar-refractivity contribution in [2.45, 2.75) is 52.0 Å². The molecule has 4 heteroatoms. The third kappa shape index (κ3) is 5.39. The molecular formula is C13H26N2O2. The summed E-state index contributed by atoms with van der Waals surface area (Å²) >= 11 is 0. The van der Waals surface area contributed by atoms with Gasteiger partial charge in [-0.3, -0.25) is 0 Å². The summed E-state index contributed by atoms with van der Waals surface area (Å²) in [6.45, 7) is 4.79. The molecule has 0 aliphatic heterocycles. The Morgan fingerprint density at radius 2 is 1.88 bits per heavy atom. The fourth-order valence-corrected chi connectivity index (χ4v) is 2.40. The van der Waals surface area contributed by atoms with Crippen molar-refractivity contribution in [3.8, 4) is 0 Å². The Balaban J connectivity index is 2.12. The number of amides is 2. The fraction of sp³-hybridized carbons (Fsp3) is 0.923. The Bertz CT molecular complexity index is 225. The van der Waals surface area contributed by atoms with Crippen LogP contribution in [0, 0.1) is 11.8 Å². The maximum Gasteiger partial charge on any atom is 0.315 e. The second-order valence-corrected chi connectivity index (χ2v) is 5.23. The lowest BCUT2D eigenvalue weighted by atomic mass is 9.81. The Labute approximate surface area is 104 Å². The largest absolute Gasteiger partial charge is 0.394 e. The van der Waals surface area contributed by atoms with Crippen LogP contribution in [0.3, 0.4) is 0 Å². The maximum atomic E-state index is 11.4. The molecule has 1 unspecified atom stereocenters. The van der Waals surface area contributed by atoms with Crippen LogP contribution in [0.4, 0.5) is 4.79 Å². The first kappa shape index (κ1) is 14.3. The average Bonchev–Trinajstić information content (AvgIpc) is 2.36. The highest BCUT2D eigenvalue weighted by Crippen LogP contribution is 2.29. The van der Waals surface area contributed by atoms with Gasteiger partial charge in [-0.2, -0.15) is 0 Å².